The summed E-state index contributed by atoms with van der Waals surface area (Å²) in [6.07, 6.45) is 13.0. The molecule has 0 nitrogen and oxygen atoms in total. The van der Waals surface area contributed by atoms with Crippen LogP contribution in [0.1, 0.15) is 70.8 Å². The molecule has 1 fully saturated rings. The molecule has 1 aromatic carbocycles. The Morgan fingerprint density at radius 2 is 1.70 bits per heavy atom. The zero-order valence-corrected chi connectivity index (χ0v) is 13.5. The lowest BCUT2D eigenvalue weighted by Gasteiger charge is -2.32. The van der Waals surface area contributed by atoms with Gasteiger partial charge in [0.05, 0.1) is 0 Å². The summed E-state index contributed by atoms with van der Waals surface area (Å²) in [6, 6.07) is 11.0. The van der Waals surface area contributed by atoms with E-state index in [1.807, 2.05) is 0 Å². The second-order valence-electron chi connectivity index (χ2n) is 6.94. The highest BCUT2D eigenvalue weighted by molar-refractivity contribution is 5.15. The molecule has 0 bridgehead atoms. The SMILES string of the molecule is CCCCCC1CCC(C(C)Cc2ccccc2)CC1. The minimum Gasteiger partial charge on any atom is -0.0654 e. The van der Waals surface area contributed by atoms with Gasteiger partial charge in [0, 0.05) is 0 Å². The summed E-state index contributed by atoms with van der Waals surface area (Å²) in [6.45, 7) is 4.78. The zero-order chi connectivity index (χ0) is 14.2. The first-order valence-electron chi connectivity index (χ1n) is 8.83. The van der Waals surface area contributed by atoms with E-state index in [9.17, 15) is 0 Å². The van der Waals surface area contributed by atoms with Crippen LogP contribution in [0.5, 0.6) is 0 Å². The standard InChI is InChI=1S/C20H32/c1-3-4-6-9-18-12-14-20(15-13-18)17(2)16-19-10-7-5-8-11-19/h5,7-8,10-11,17-18,20H,3-4,6,9,12-16H2,1-2H3. The molecule has 1 saturated carbocycles. The van der Waals surface area contributed by atoms with Gasteiger partial charge in [0.1, 0.15) is 0 Å². The van der Waals surface area contributed by atoms with Crippen LogP contribution in [0.2, 0.25) is 0 Å². The number of hydrogen-bond donors (Lipinski definition) is 0. The monoisotopic (exact) mass is 272 g/mol. The third-order valence-electron chi connectivity index (χ3n) is 5.31. The summed E-state index contributed by atoms with van der Waals surface area (Å²) in [5, 5.41) is 0. The van der Waals surface area contributed by atoms with Crippen molar-refractivity contribution in [2.75, 3.05) is 0 Å². The van der Waals surface area contributed by atoms with Gasteiger partial charge in [-0.1, -0.05) is 82.7 Å². The first kappa shape index (κ1) is 15.6. The Labute approximate surface area is 126 Å². The minimum atomic E-state index is 0.856. The summed E-state index contributed by atoms with van der Waals surface area (Å²) in [7, 11) is 0. The summed E-state index contributed by atoms with van der Waals surface area (Å²) in [5.74, 6) is 2.87. The number of benzene rings is 1. The molecule has 1 aliphatic rings. The van der Waals surface area contributed by atoms with Crippen molar-refractivity contribution >= 4 is 0 Å². The van der Waals surface area contributed by atoms with Gasteiger partial charge in [0.15, 0.2) is 0 Å². The largest absolute Gasteiger partial charge is 0.0654 e. The highest BCUT2D eigenvalue weighted by atomic mass is 14.3. The molecule has 1 atom stereocenters. The van der Waals surface area contributed by atoms with E-state index in [2.05, 4.69) is 44.2 Å². The molecule has 0 heterocycles. The number of hydrogen-bond acceptors (Lipinski definition) is 0. The van der Waals surface area contributed by atoms with Crippen LogP contribution in [-0.4, -0.2) is 0 Å². The molecule has 0 N–H and O–H groups in total. The van der Waals surface area contributed by atoms with Crippen LogP contribution in [0.15, 0.2) is 30.3 Å². The van der Waals surface area contributed by atoms with Crippen LogP contribution in [0.3, 0.4) is 0 Å². The maximum Gasteiger partial charge on any atom is -0.0250 e. The van der Waals surface area contributed by atoms with Crippen LogP contribution in [0.4, 0.5) is 0 Å². The van der Waals surface area contributed by atoms with E-state index in [1.54, 1.807) is 0 Å². The Balaban J connectivity index is 1.70. The lowest BCUT2D eigenvalue weighted by atomic mass is 9.73. The highest BCUT2D eigenvalue weighted by Crippen LogP contribution is 2.36. The first-order chi connectivity index (χ1) is 9.79. The van der Waals surface area contributed by atoms with Gasteiger partial charge in [-0.25, -0.2) is 0 Å². The van der Waals surface area contributed by atoms with E-state index in [4.69, 9.17) is 0 Å². The van der Waals surface area contributed by atoms with Crippen molar-refractivity contribution in [1.82, 2.24) is 0 Å². The number of rotatable bonds is 7. The fraction of sp³-hybridized carbons (Fsp3) is 0.700. The Morgan fingerprint density at radius 1 is 1.00 bits per heavy atom. The van der Waals surface area contributed by atoms with E-state index >= 15 is 0 Å². The molecule has 0 aliphatic heterocycles. The van der Waals surface area contributed by atoms with Gasteiger partial charge >= 0.3 is 0 Å². The molecule has 1 aromatic rings. The summed E-state index contributed by atoms with van der Waals surface area (Å²) in [5.41, 5.74) is 1.52. The van der Waals surface area contributed by atoms with Gasteiger partial charge in [-0.15, -0.1) is 0 Å². The quantitative estimate of drug-likeness (QED) is 0.514. The van der Waals surface area contributed by atoms with Gasteiger partial charge in [0.2, 0.25) is 0 Å². The lowest BCUT2D eigenvalue weighted by molar-refractivity contribution is 0.204. The molecule has 2 rings (SSSR count). The predicted molar refractivity (Wildman–Crippen MR) is 88.9 cm³/mol. The molecule has 0 amide bonds. The molecule has 20 heavy (non-hydrogen) atoms. The molecule has 0 spiro atoms. The Bertz CT molecular complexity index is 346. The van der Waals surface area contributed by atoms with Crippen LogP contribution < -0.4 is 0 Å². The van der Waals surface area contributed by atoms with Crippen molar-refractivity contribution in [2.24, 2.45) is 17.8 Å². The Morgan fingerprint density at radius 3 is 2.35 bits per heavy atom. The molecule has 112 valence electrons. The van der Waals surface area contributed by atoms with Crippen molar-refractivity contribution in [1.29, 1.82) is 0 Å². The first-order valence-corrected chi connectivity index (χ1v) is 8.83. The molecular weight excluding hydrogens is 240 g/mol. The maximum absolute atomic E-state index is 2.47. The van der Waals surface area contributed by atoms with E-state index in [0.29, 0.717) is 0 Å². The Kier molecular flexibility index (Phi) is 6.63. The second kappa shape index (κ2) is 8.49. The van der Waals surface area contributed by atoms with E-state index in [0.717, 1.165) is 17.8 Å². The van der Waals surface area contributed by atoms with Crippen LogP contribution >= 0.6 is 0 Å². The van der Waals surface area contributed by atoms with Gasteiger partial charge in [0.25, 0.3) is 0 Å². The van der Waals surface area contributed by atoms with Gasteiger partial charge in [-0.3, -0.25) is 0 Å². The summed E-state index contributed by atoms with van der Waals surface area (Å²) in [4.78, 5) is 0. The predicted octanol–water partition coefficient (Wildman–Crippen LogP) is 6.25. The normalized spacial score (nSPS) is 24.5. The average Bonchev–Trinajstić information content (AvgIpc) is 2.49. The lowest BCUT2D eigenvalue weighted by Crippen LogP contribution is -2.21. The average molecular weight is 272 g/mol. The fourth-order valence-corrected chi connectivity index (χ4v) is 3.88. The molecule has 0 radical (unpaired) electrons. The van der Waals surface area contributed by atoms with Crippen LogP contribution in [-0.2, 0) is 6.42 Å². The molecular formula is C20H32. The van der Waals surface area contributed by atoms with Gasteiger partial charge in [-0.2, -0.15) is 0 Å². The third kappa shape index (κ3) is 4.96. The van der Waals surface area contributed by atoms with E-state index in [1.165, 1.54) is 63.4 Å². The second-order valence-corrected chi connectivity index (χ2v) is 6.94. The summed E-state index contributed by atoms with van der Waals surface area (Å²) >= 11 is 0. The van der Waals surface area contributed by atoms with E-state index < -0.39 is 0 Å². The minimum absolute atomic E-state index is 0.856. The molecule has 0 heteroatoms. The maximum atomic E-state index is 2.47. The van der Waals surface area contributed by atoms with Gasteiger partial charge < -0.3 is 0 Å². The van der Waals surface area contributed by atoms with Crippen LogP contribution in [0, 0.1) is 17.8 Å². The molecule has 0 aromatic heterocycles. The Hall–Kier alpha value is -0.780. The van der Waals surface area contributed by atoms with E-state index in [-0.39, 0.29) is 0 Å². The highest BCUT2D eigenvalue weighted by Gasteiger charge is 2.24. The van der Waals surface area contributed by atoms with Crippen molar-refractivity contribution in [3.63, 3.8) is 0 Å². The topological polar surface area (TPSA) is 0 Å². The smallest absolute Gasteiger partial charge is 0.0250 e. The zero-order valence-electron chi connectivity index (χ0n) is 13.5. The van der Waals surface area contributed by atoms with Crippen molar-refractivity contribution < 1.29 is 0 Å². The van der Waals surface area contributed by atoms with Crippen molar-refractivity contribution in [2.45, 2.75) is 71.6 Å². The van der Waals surface area contributed by atoms with Crippen LogP contribution in [0.25, 0.3) is 0 Å². The molecule has 1 aliphatic carbocycles. The number of unbranched alkanes of at least 4 members (excludes halogenated alkanes) is 2. The van der Waals surface area contributed by atoms with Gasteiger partial charge in [-0.05, 0) is 42.6 Å². The van der Waals surface area contributed by atoms with Crippen molar-refractivity contribution in [3.8, 4) is 0 Å². The fourth-order valence-electron chi connectivity index (χ4n) is 3.88. The summed E-state index contributed by atoms with van der Waals surface area (Å²) < 4.78 is 0. The molecule has 1 unspecified atom stereocenters. The third-order valence-corrected chi connectivity index (χ3v) is 5.31. The van der Waals surface area contributed by atoms with Crippen molar-refractivity contribution in [3.05, 3.63) is 35.9 Å². The molecule has 0 saturated heterocycles.